The third-order valence-electron chi connectivity index (χ3n) is 2.48. The topological polar surface area (TPSA) is 46.2 Å². The number of aryl methyl sites for hydroxylation is 3. The van der Waals surface area contributed by atoms with Gasteiger partial charge >= 0.3 is 0 Å². The lowest BCUT2D eigenvalue weighted by molar-refractivity contribution is 0.267. The zero-order chi connectivity index (χ0) is 10.0. The molecule has 0 unspecified atom stereocenters. The maximum absolute atomic E-state index is 8.95. The Bertz CT molecular complexity index is 307. The van der Waals surface area contributed by atoms with Crippen LogP contribution in [-0.2, 0) is 0 Å². The number of nitrogens with two attached hydrogens (primary N) is 1. The van der Waals surface area contributed by atoms with Crippen molar-refractivity contribution in [3.8, 4) is 0 Å². The van der Waals surface area contributed by atoms with Gasteiger partial charge in [-0.05, 0) is 43.0 Å². The van der Waals surface area contributed by atoms with E-state index in [2.05, 4.69) is 26.0 Å². The van der Waals surface area contributed by atoms with Crippen molar-refractivity contribution in [3.05, 3.63) is 34.4 Å². The van der Waals surface area contributed by atoms with Gasteiger partial charge in [-0.2, -0.15) is 0 Å². The summed E-state index contributed by atoms with van der Waals surface area (Å²) in [6.07, 6.45) is 0. The Morgan fingerprint density at radius 1 is 1.15 bits per heavy atom. The molecule has 0 radical (unpaired) electrons. The fourth-order valence-corrected chi connectivity index (χ4v) is 1.48. The molecular formula is C11H17NO. The van der Waals surface area contributed by atoms with Crippen LogP contribution in [0.5, 0.6) is 0 Å². The zero-order valence-electron chi connectivity index (χ0n) is 8.46. The molecule has 0 spiro atoms. The predicted octanol–water partition coefficient (Wildman–Crippen LogP) is 1.60. The number of hydrogen-bond donors (Lipinski definition) is 2. The fourth-order valence-electron chi connectivity index (χ4n) is 1.48. The molecule has 0 bridgehead atoms. The van der Waals surface area contributed by atoms with Crippen LogP contribution in [0.4, 0.5) is 0 Å². The molecule has 0 saturated heterocycles. The molecule has 1 aromatic rings. The molecule has 0 aliphatic rings. The van der Waals surface area contributed by atoms with E-state index >= 15 is 0 Å². The third kappa shape index (κ3) is 2.08. The minimum atomic E-state index is -0.251. The van der Waals surface area contributed by atoms with Gasteiger partial charge in [-0.1, -0.05) is 12.1 Å². The van der Waals surface area contributed by atoms with Gasteiger partial charge in [-0.25, -0.2) is 0 Å². The van der Waals surface area contributed by atoms with E-state index in [9.17, 15) is 0 Å². The molecule has 2 nitrogen and oxygen atoms in total. The van der Waals surface area contributed by atoms with Gasteiger partial charge in [0.05, 0.1) is 12.6 Å². The van der Waals surface area contributed by atoms with Gasteiger partial charge in [-0.15, -0.1) is 0 Å². The Balaban J connectivity index is 3.15. The van der Waals surface area contributed by atoms with Crippen LogP contribution in [0.3, 0.4) is 0 Å². The zero-order valence-corrected chi connectivity index (χ0v) is 8.46. The second-order valence-electron chi connectivity index (χ2n) is 3.58. The third-order valence-corrected chi connectivity index (χ3v) is 2.48. The minimum absolute atomic E-state index is 0.00331. The van der Waals surface area contributed by atoms with Gasteiger partial charge in [-0.3, -0.25) is 0 Å². The summed E-state index contributed by atoms with van der Waals surface area (Å²) in [5.74, 6) is 0. The highest BCUT2D eigenvalue weighted by Gasteiger charge is 2.08. The van der Waals surface area contributed by atoms with Crippen molar-refractivity contribution in [2.75, 3.05) is 6.61 Å². The van der Waals surface area contributed by atoms with Gasteiger partial charge < -0.3 is 10.8 Å². The highest BCUT2D eigenvalue weighted by atomic mass is 16.3. The van der Waals surface area contributed by atoms with Crippen molar-refractivity contribution < 1.29 is 5.11 Å². The average molecular weight is 179 g/mol. The molecule has 3 N–H and O–H groups in total. The lowest BCUT2D eigenvalue weighted by atomic mass is 9.97. The summed E-state index contributed by atoms with van der Waals surface area (Å²) in [7, 11) is 0. The molecule has 1 atom stereocenters. The smallest absolute Gasteiger partial charge is 0.0624 e. The summed E-state index contributed by atoms with van der Waals surface area (Å²) in [6, 6.07) is 3.92. The van der Waals surface area contributed by atoms with E-state index in [1.807, 2.05) is 6.92 Å². The molecular weight excluding hydrogens is 162 g/mol. The van der Waals surface area contributed by atoms with Crippen LogP contribution in [0.2, 0.25) is 0 Å². The molecule has 13 heavy (non-hydrogen) atoms. The lowest BCUT2D eigenvalue weighted by Gasteiger charge is -2.14. The van der Waals surface area contributed by atoms with E-state index in [4.69, 9.17) is 10.8 Å². The Morgan fingerprint density at radius 2 is 1.69 bits per heavy atom. The summed E-state index contributed by atoms with van der Waals surface area (Å²) in [5, 5.41) is 8.95. The van der Waals surface area contributed by atoms with Gasteiger partial charge in [0.15, 0.2) is 0 Å². The van der Waals surface area contributed by atoms with Crippen LogP contribution < -0.4 is 5.73 Å². The van der Waals surface area contributed by atoms with E-state index < -0.39 is 0 Å². The van der Waals surface area contributed by atoms with Crippen LogP contribution in [-0.4, -0.2) is 11.7 Å². The quantitative estimate of drug-likeness (QED) is 0.724. The molecule has 1 aromatic carbocycles. The summed E-state index contributed by atoms with van der Waals surface area (Å²) in [6.45, 7) is 6.17. The number of aliphatic hydroxyl groups excluding tert-OH is 1. The van der Waals surface area contributed by atoms with Crippen molar-refractivity contribution >= 4 is 0 Å². The van der Waals surface area contributed by atoms with Crippen molar-refractivity contribution in [1.82, 2.24) is 0 Å². The Labute approximate surface area is 79.4 Å². The summed E-state index contributed by atoms with van der Waals surface area (Å²) < 4.78 is 0. The monoisotopic (exact) mass is 179 g/mol. The van der Waals surface area contributed by atoms with Crippen LogP contribution >= 0.6 is 0 Å². The van der Waals surface area contributed by atoms with E-state index in [0.717, 1.165) is 11.1 Å². The molecule has 0 heterocycles. The molecule has 0 aliphatic heterocycles. The van der Waals surface area contributed by atoms with Crippen LogP contribution in [0, 0.1) is 20.8 Å². The Hall–Kier alpha value is -0.860. The first-order valence-corrected chi connectivity index (χ1v) is 4.50. The highest BCUT2D eigenvalue weighted by molar-refractivity contribution is 5.38. The normalized spacial score (nSPS) is 13.0. The first kappa shape index (κ1) is 10.2. The molecule has 0 saturated carbocycles. The van der Waals surface area contributed by atoms with E-state index in [1.165, 1.54) is 11.1 Å². The second kappa shape index (κ2) is 3.90. The standard InChI is InChI=1S/C11H17NO/c1-7-4-9(3)10(5-8(7)2)11(12)6-13/h4-5,11,13H,6,12H2,1-3H3/t11-/m0/s1. The van der Waals surface area contributed by atoms with Gasteiger partial charge in [0, 0.05) is 0 Å². The maximum atomic E-state index is 8.95. The van der Waals surface area contributed by atoms with E-state index in [0.29, 0.717) is 0 Å². The Kier molecular flexibility index (Phi) is 3.07. The van der Waals surface area contributed by atoms with Crippen molar-refractivity contribution in [1.29, 1.82) is 0 Å². The lowest BCUT2D eigenvalue weighted by Crippen LogP contribution is -2.16. The predicted molar refractivity (Wildman–Crippen MR) is 54.7 cm³/mol. The summed E-state index contributed by atoms with van der Waals surface area (Å²) in [4.78, 5) is 0. The minimum Gasteiger partial charge on any atom is -0.394 e. The SMILES string of the molecule is Cc1cc(C)c([C@@H](N)CO)cc1C. The van der Waals surface area contributed by atoms with Gasteiger partial charge in [0.2, 0.25) is 0 Å². The molecule has 72 valence electrons. The molecule has 0 amide bonds. The fraction of sp³-hybridized carbons (Fsp3) is 0.455. The van der Waals surface area contributed by atoms with Crippen molar-refractivity contribution in [2.24, 2.45) is 5.73 Å². The number of hydrogen-bond acceptors (Lipinski definition) is 2. The number of rotatable bonds is 2. The second-order valence-corrected chi connectivity index (χ2v) is 3.58. The van der Waals surface area contributed by atoms with Crippen LogP contribution in [0.1, 0.15) is 28.3 Å². The molecule has 0 aromatic heterocycles. The van der Waals surface area contributed by atoms with E-state index in [1.54, 1.807) is 0 Å². The van der Waals surface area contributed by atoms with Crippen molar-refractivity contribution in [3.63, 3.8) is 0 Å². The maximum Gasteiger partial charge on any atom is 0.0624 e. The molecule has 1 rings (SSSR count). The first-order valence-electron chi connectivity index (χ1n) is 4.50. The number of aliphatic hydroxyl groups is 1. The van der Waals surface area contributed by atoms with Gasteiger partial charge in [0.1, 0.15) is 0 Å². The molecule has 0 fully saturated rings. The van der Waals surface area contributed by atoms with Crippen LogP contribution in [0.25, 0.3) is 0 Å². The number of benzene rings is 1. The largest absolute Gasteiger partial charge is 0.394 e. The van der Waals surface area contributed by atoms with Crippen LogP contribution in [0.15, 0.2) is 12.1 Å². The first-order chi connectivity index (χ1) is 6.06. The molecule has 2 heteroatoms. The highest BCUT2D eigenvalue weighted by Crippen LogP contribution is 2.19. The summed E-state index contributed by atoms with van der Waals surface area (Å²) >= 11 is 0. The van der Waals surface area contributed by atoms with Crippen molar-refractivity contribution in [2.45, 2.75) is 26.8 Å². The van der Waals surface area contributed by atoms with Gasteiger partial charge in [0.25, 0.3) is 0 Å². The van der Waals surface area contributed by atoms with E-state index in [-0.39, 0.29) is 12.6 Å². The Morgan fingerprint density at radius 3 is 2.23 bits per heavy atom. The average Bonchev–Trinajstić information content (AvgIpc) is 2.10. The summed E-state index contributed by atoms with van der Waals surface area (Å²) in [5.41, 5.74) is 10.5. The molecule has 0 aliphatic carbocycles.